The summed E-state index contributed by atoms with van der Waals surface area (Å²) in [4.78, 5) is 0. The minimum Gasteiger partial charge on any atom is -0.315 e. The smallest absolute Gasteiger partial charge is 0.0697 e. The highest BCUT2D eigenvalue weighted by atomic mass is 15.0. The van der Waals surface area contributed by atoms with E-state index in [4.69, 9.17) is 0 Å². The molecule has 4 rings (SSSR count). The standard InChI is InChI=1S/C16H12N2/c1-3-11-17-13(5-1)7-9-15(17)16-10-8-14-6-2-4-12-18(14)16/h1-12H. The summed E-state index contributed by atoms with van der Waals surface area (Å²) < 4.78 is 4.43. The lowest BCUT2D eigenvalue weighted by atomic mass is 10.3. The molecule has 2 nitrogen and oxygen atoms in total. The van der Waals surface area contributed by atoms with Crippen molar-refractivity contribution in [3.63, 3.8) is 0 Å². The molecule has 0 atom stereocenters. The van der Waals surface area contributed by atoms with Gasteiger partial charge >= 0.3 is 0 Å². The van der Waals surface area contributed by atoms with Gasteiger partial charge in [0.25, 0.3) is 0 Å². The van der Waals surface area contributed by atoms with Gasteiger partial charge in [0.1, 0.15) is 0 Å². The van der Waals surface area contributed by atoms with E-state index in [1.54, 1.807) is 0 Å². The molecule has 0 amide bonds. The molecule has 2 heteroatoms. The summed E-state index contributed by atoms with van der Waals surface area (Å²) in [5, 5.41) is 0. The zero-order valence-corrected chi connectivity index (χ0v) is 9.82. The van der Waals surface area contributed by atoms with Crippen molar-refractivity contribution in [1.29, 1.82) is 0 Å². The van der Waals surface area contributed by atoms with Gasteiger partial charge in [-0.25, -0.2) is 0 Å². The number of hydrogen-bond acceptors (Lipinski definition) is 0. The molecule has 86 valence electrons. The maximum absolute atomic E-state index is 2.22. The fourth-order valence-electron chi connectivity index (χ4n) is 2.53. The van der Waals surface area contributed by atoms with Crippen LogP contribution in [0.2, 0.25) is 0 Å². The van der Waals surface area contributed by atoms with Crippen LogP contribution in [0.15, 0.2) is 73.1 Å². The monoisotopic (exact) mass is 232 g/mol. The minimum absolute atomic E-state index is 1.22. The van der Waals surface area contributed by atoms with Crippen LogP contribution < -0.4 is 0 Å². The number of hydrogen-bond donors (Lipinski definition) is 0. The molecule has 0 bridgehead atoms. The SMILES string of the molecule is c1ccn2c(-c3ccc4ccccn34)ccc2c1. The molecule has 0 radical (unpaired) electrons. The van der Waals surface area contributed by atoms with Crippen molar-refractivity contribution in [2.45, 2.75) is 0 Å². The molecular weight excluding hydrogens is 220 g/mol. The number of fused-ring (bicyclic) bond motifs is 2. The molecule has 0 spiro atoms. The van der Waals surface area contributed by atoms with Crippen LogP contribution in [0.3, 0.4) is 0 Å². The van der Waals surface area contributed by atoms with Gasteiger partial charge in [0.2, 0.25) is 0 Å². The van der Waals surface area contributed by atoms with E-state index >= 15 is 0 Å². The van der Waals surface area contributed by atoms with Crippen LogP contribution in [-0.2, 0) is 0 Å². The van der Waals surface area contributed by atoms with Crippen molar-refractivity contribution >= 4 is 11.0 Å². The van der Waals surface area contributed by atoms with Gasteiger partial charge in [-0.2, -0.15) is 0 Å². The first-order chi connectivity index (χ1) is 8.93. The lowest BCUT2D eigenvalue weighted by molar-refractivity contribution is 1.14. The molecule has 0 saturated carbocycles. The second-order valence-corrected chi connectivity index (χ2v) is 4.43. The van der Waals surface area contributed by atoms with E-state index in [9.17, 15) is 0 Å². The topological polar surface area (TPSA) is 8.82 Å². The van der Waals surface area contributed by atoms with Crippen molar-refractivity contribution in [3.8, 4) is 11.4 Å². The van der Waals surface area contributed by atoms with E-state index in [2.05, 4.69) is 81.9 Å². The predicted octanol–water partition coefficient (Wildman–Crippen LogP) is 3.86. The van der Waals surface area contributed by atoms with Gasteiger partial charge in [-0.3, -0.25) is 0 Å². The molecule has 18 heavy (non-hydrogen) atoms. The van der Waals surface area contributed by atoms with Crippen LogP contribution >= 0.6 is 0 Å². The van der Waals surface area contributed by atoms with E-state index < -0.39 is 0 Å². The fourth-order valence-corrected chi connectivity index (χ4v) is 2.53. The average molecular weight is 232 g/mol. The summed E-state index contributed by atoms with van der Waals surface area (Å²) in [7, 11) is 0. The zero-order chi connectivity index (χ0) is 11.9. The zero-order valence-electron chi connectivity index (χ0n) is 9.82. The Hall–Kier alpha value is -2.48. The third-order valence-electron chi connectivity index (χ3n) is 3.39. The largest absolute Gasteiger partial charge is 0.315 e. The molecular formula is C16H12N2. The first-order valence-electron chi connectivity index (χ1n) is 6.06. The summed E-state index contributed by atoms with van der Waals surface area (Å²) in [6.45, 7) is 0. The van der Waals surface area contributed by atoms with E-state index in [0.29, 0.717) is 0 Å². The van der Waals surface area contributed by atoms with E-state index in [1.807, 2.05) is 0 Å². The minimum atomic E-state index is 1.22. The molecule has 0 unspecified atom stereocenters. The number of nitrogens with zero attached hydrogens (tertiary/aromatic N) is 2. The summed E-state index contributed by atoms with van der Waals surface area (Å²) >= 11 is 0. The molecule has 4 aromatic heterocycles. The Morgan fingerprint density at radius 2 is 1.00 bits per heavy atom. The Morgan fingerprint density at radius 1 is 0.500 bits per heavy atom. The lowest BCUT2D eigenvalue weighted by Gasteiger charge is -2.04. The quantitative estimate of drug-likeness (QED) is 0.471. The van der Waals surface area contributed by atoms with Crippen molar-refractivity contribution in [2.24, 2.45) is 0 Å². The van der Waals surface area contributed by atoms with Crippen LogP contribution in [0.25, 0.3) is 22.4 Å². The summed E-state index contributed by atoms with van der Waals surface area (Å²) in [5.41, 5.74) is 4.88. The third kappa shape index (κ3) is 1.23. The van der Waals surface area contributed by atoms with E-state index in [1.165, 1.54) is 22.4 Å². The van der Waals surface area contributed by atoms with E-state index in [-0.39, 0.29) is 0 Å². The highest BCUT2D eigenvalue weighted by Crippen LogP contribution is 2.24. The average Bonchev–Trinajstić information content (AvgIpc) is 3.01. The predicted molar refractivity (Wildman–Crippen MR) is 73.8 cm³/mol. The summed E-state index contributed by atoms with van der Waals surface area (Å²) in [5.74, 6) is 0. The van der Waals surface area contributed by atoms with Gasteiger partial charge in [-0.15, -0.1) is 0 Å². The van der Waals surface area contributed by atoms with Gasteiger partial charge in [-0.05, 0) is 48.5 Å². The highest BCUT2D eigenvalue weighted by Gasteiger charge is 2.07. The molecule has 0 fully saturated rings. The third-order valence-corrected chi connectivity index (χ3v) is 3.39. The highest BCUT2D eigenvalue weighted by molar-refractivity contribution is 5.69. The molecule has 0 aliphatic carbocycles. The van der Waals surface area contributed by atoms with Crippen molar-refractivity contribution in [1.82, 2.24) is 8.80 Å². The fraction of sp³-hybridized carbons (Fsp3) is 0. The number of pyridine rings is 2. The molecule has 0 aliphatic rings. The Labute approximate surface area is 105 Å². The Balaban J connectivity index is 2.08. The number of aromatic nitrogens is 2. The van der Waals surface area contributed by atoms with Crippen molar-refractivity contribution < 1.29 is 0 Å². The van der Waals surface area contributed by atoms with Crippen LogP contribution in [-0.4, -0.2) is 8.80 Å². The molecule has 0 aromatic carbocycles. The Kier molecular flexibility index (Phi) is 1.86. The Bertz CT molecular complexity index is 764. The molecule has 0 aliphatic heterocycles. The molecule has 0 saturated heterocycles. The maximum Gasteiger partial charge on any atom is 0.0697 e. The summed E-state index contributed by atoms with van der Waals surface area (Å²) in [6.07, 6.45) is 4.21. The molecule has 4 aromatic rings. The van der Waals surface area contributed by atoms with Crippen molar-refractivity contribution in [3.05, 3.63) is 73.1 Å². The van der Waals surface area contributed by atoms with Gasteiger partial charge in [0.05, 0.1) is 11.4 Å². The molecule has 0 N–H and O–H groups in total. The van der Waals surface area contributed by atoms with Crippen molar-refractivity contribution in [2.75, 3.05) is 0 Å². The van der Waals surface area contributed by atoms with E-state index in [0.717, 1.165) is 0 Å². The van der Waals surface area contributed by atoms with Crippen LogP contribution in [0, 0.1) is 0 Å². The second kappa shape index (κ2) is 3.50. The normalized spacial score (nSPS) is 11.3. The second-order valence-electron chi connectivity index (χ2n) is 4.43. The van der Waals surface area contributed by atoms with Gasteiger partial charge in [-0.1, -0.05) is 12.1 Å². The lowest BCUT2D eigenvalue weighted by Crippen LogP contribution is -1.91. The van der Waals surface area contributed by atoms with Gasteiger partial charge in [0.15, 0.2) is 0 Å². The van der Waals surface area contributed by atoms with Crippen LogP contribution in [0.1, 0.15) is 0 Å². The molecule has 4 heterocycles. The first kappa shape index (κ1) is 9.54. The number of rotatable bonds is 1. The Morgan fingerprint density at radius 3 is 1.50 bits per heavy atom. The van der Waals surface area contributed by atoms with Gasteiger partial charge < -0.3 is 8.80 Å². The van der Waals surface area contributed by atoms with Gasteiger partial charge in [0, 0.05) is 23.4 Å². The first-order valence-corrected chi connectivity index (χ1v) is 6.06. The summed E-state index contributed by atoms with van der Waals surface area (Å²) in [6, 6.07) is 21.1. The van der Waals surface area contributed by atoms with Crippen LogP contribution in [0.4, 0.5) is 0 Å². The maximum atomic E-state index is 2.22. The van der Waals surface area contributed by atoms with Crippen LogP contribution in [0.5, 0.6) is 0 Å².